The number of carbonyl (C=O) groups is 2. The Morgan fingerprint density at radius 2 is 1.50 bits per heavy atom. The number of piperazine rings is 1. The minimum Gasteiger partial charge on any atom is -0.336 e. The fourth-order valence-electron chi connectivity index (χ4n) is 4.13. The van der Waals surface area contributed by atoms with E-state index in [4.69, 9.17) is 0 Å². The van der Waals surface area contributed by atoms with Crippen molar-refractivity contribution in [2.45, 2.75) is 18.4 Å². The van der Waals surface area contributed by atoms with Gasteiger partial charge in [0.15, 0.2) is 0 Å². The van der Waals surface area contributed by atoms with Crippen molar-refractivity contribution in [2.24, 2.45) is 0 Å². The molecule has 200 valence electrons. The molecule has 0 aromatic heterocycles. The molecule has 1 heterocycles. The van der Waals surface area contributed by atoms with Crippen LogP contribution in [-0.4, -0.2) is 74.1 Å². The molecule has 0 bridgehead atoms. The van der Waals surface area contributed by atoms with Crippen molar-refractivity contribution >= 4 is 27.5 Å². The third kappa shape index (κ3) is 6.83. The summed E-state index contributed by atoms with van der Waals surface area (Å²) in [6.45, 7) is 4.25. The van der Waals surface area contributed by atoms with Gasteiger partial charge in [0.1, 0.15) is 5.82 Å². The molecule has 0 saturated carbocycles. The fourth-order valence-corrected chi connectivity index (χ4v) is 5.51. The maximum Gasteiger partial charge on any atom is 0.253 e. The first-order valence-corrected chi connectivity index (χ1v) is 13.7. The van der Waals surface area contributed by atoms with E-state index in [0.717, 1.165) is 23.0 Å². The van der Waals surface area contributed by atoms with E-state index in [0.29, 0.717) is 29.9 Å². The lowest BCUT2D eigenvalue weighted by atomic mass is 10.1. The van der Waals surface area contributed by atoms with Gasteiger partial charge in [0.25, 0.3) is 5.91 Å². The second-order valence-corrected chi connectivity index (χ2v) is 11.4. The number of nitrogens with zero attached hydrogens (tertiary/aromatic N) is 3. The lowest BCUT2D eigenvalue weighted by Crippen LogP contribution is -2.47. The van der Waals surface area contributed by atoms with Crippen LogP contribution in [0.5, 0.6) is 0 Å². The summed E-state index contributed by atoms with van der Waals surface area (Å²) in [7, 11) is -2.00. The predicted molar refractivity (Wildman–Crippen MR) is 144 cm³/mol. The summed E-state index contributed by atoms with van der Waals surface area (Å²) >= 11 is 0. The van der Waals surface area contributed by atoms with Gasteiger partial charge in [-0.3, -0.25) is 9.59 Å². The van der Waals surface area contributed by atoms with Crippen LogP contribution in [0.3, 0.4) is 0 Å². The van der Waals surface area contributed by atoms with Crippen molar-refractivity contribution in [1.29, 1.82) is 0 Å². The van der Waals surface area contributed by atoms with Gasteiger partial charge in [-0.15, -0.1) is 0 Å². The highest BCUT2D eigenvalue weighted by Gasteiger charge is 2.27. The Bertz CT molecular complexity index is 1370. The molecular weight excluding hydrogens is 507 g/mol. The van der Waals surface area contributed by atoms with Crippen LogP contribution in [0.4, 0.5) is 10.1 Å². The Morgan fingerprint density at radius 1 is 0.895 bits per heavy atom. The highest BCUT2D eigenvalue weighted by atomic mass is 32.2. The molecule has 0 radical (unpaired) electrons. The zero-order chi connectivity index (χ0) is 27.3. The summed E-state index contributed by atoms with van der Waals surface area (Å²) in [6.07, 6.45) is 0. The third-order valence-electron chi connectivity index (χ3n) is 6.46. The van der Waals surface area contributed by atoms with Gasteiger partial charge in [0.05, 0.1) is 11.4 Å². The number of aryl methyl sites for hydroxylation is 1. The zero-order valence-electron chi connectivity index (χ0n) is 21.4. The normalized spacial score (nSPS) is 14.5. The standard InChI is InChI=1S/C28H31FN4O4S/c1-21-3-13-26(14-4-21)38(36,37)33(19-22-5-9-24(29)10-6-22)20-27(34)30-25-11-7-23(8-12-25)28(35)32-17-15-31(2)16-18-32/h3-14H,15-20H2,1-2H3,(H,30,34). The van der Waals surface area contributed by atoms with Crippen molar-refractivity contribution in [2.75, 3.05) is 45.1 Å². The van der Waals surface area contributed by atoms with Crippen LogP contribution in [0.1, 0.15) is 21.5 Å². The van der Waals surface area contributed by atoms with Crippen LogP contribution >= 0.6 is 0 Å². The number of sulfonamides is 1. The van der Waals surface area contributed by atoms with Crippen LogP contribution < -0.4 is 5.32 Å². The second-order valence-electron chi connectivity index (χ2n) is 9.43. The number of nitrogens with one attached hydrogen (secondary N) is 1. The largest absolute Gasteiger partial charge is 0.336 e. The molecule has 1 fully saturated rings. The van der Waals surface area contributed by atoms with Gasteiger partial charge >= 0.3 is 0 Å². The Morgan fingerprint density at radius 3 is 2.11 bits per heavy atom. The number of hydrogen-bond donors (Lipinski definition) is 1. The fraction of sp³-hybridized carbons (Fsp3) is 0.286. The lowest BCUT2D eigenvalue weighted by Gasteiger charge is -2.32. The molecule has 4 rings (SSSR count). The van der Waals surface area contributed by atoms with Crippen LogP contribution in [0.2, 0.25) is 0 Å². The van der Waals surface area contributed by atoms with Crippen LogP contribution in [0, 0.1) is 12.7 Å². The molecule has 1 aliphatic heterocycles. The van der Waals surface area contributed by atoms with E-state index in [-0.39, 0.29) is 17.3 Å². The molecule has 1 saturated heterocycles. The van der Waals surface area contributed by atoms with Crippen molar-refractivity contribution in [3.05, 3.63) is 95.3 Å². The van der Waals surface area contributed by atoms with Gasteiger partial charge in [-0.05, 0) is 68.1 Å². The van der Waals surface area contributed by atoms with E-state index < -0.39 is 28.3 Å². The van der Waals surface area contributed by atoms with E-state index in [1.807, 2.05) is 14.0 Å². The monoisotopic (exact) mass is 538 g/mol. The number of benzene rings is 3. The number of carbonyl (C=O) groups excluding carboxylic acids is 2. The molecule has 1 aliphatic rings. The average molecular weight is 539 g/mol. The minimum atomic E-state index is -4.02. The maximum absolute atomic E-state index is 13.4. The molecule has 0 spiro atoms. The highest BCUT2D eigenvalue weighted by Crippen LogP contribution is 2.20. The van der Waals surface area contributed by atoms with E-state index in [1.165, 1.54) is 36.4 Å². The minimum absolute atomic E-state index is 0.0600. The Hall–Kier alpha value is -3.60. The number of rotatable bonds is 8. The maximum atomic E-state index is 13.4. The zero-order valence-corrected chi connectivity index (χ0v) is 22.2. The molecule has 0 aliphatic carbocycles. The molecule has 1 N–H and O–H groups in total. The third-order valence-corrected chi connectivity index (χ3v) is 8.26. The predicted octanol–water partition coefficient (Wildman–Crippen LogP) is 3.35. The number of hydrogen-bond acceptors (Lipinski definition) is 5. The number of halogens is 1. The smallest absolute Gasteiger partial charge is 0.253 e. The van der Waals surface area contributed by atoms with E-state index in [9.17, 15) is 22.4 Å². The molecule has 0 unspecified atom stereocenters. The van der Waals surface area contributed by atoms with E-state index in [1.54, 1.807) is 41.3 Å². The van der Waals surface area contributed by atoms with Crippen LogP contribution in [-0.2, 0) is 21.4 Å². The summed E-state index contributed by atoms with van der Waals surface area (Å²) in [6, 6.07) is 18.4. The SMILES string of the molecule is Cc1ccc(S(=O)(=O)N(CC(=O)Nc2ccc(C(=O)N3CCN(C)CC3)cc2)Cc2ccc(F)cc2)cc1. The van der Waals surface area contributed by atoms with Gasteiger partial charge < -0.3 is 15.1 Å². The van der Waals surface area contributed by atoms with Gasteiger partial charge in [-0.2, -0.15) is 4.31 Å². The van der Waals surface area contributed by atoms with Gasteiger partial charge in [0.2, 0.25) is 15.9 Å². The van der Waals surface area contributed by atoms with Gasteiger partial charge in [-0.25, -0.2) is 12.8 Å². The first-order chi connectivity index (χ1) is 18.1. The summed E-state index contributed by atoms with van der Waals surface area (Å²) in [5.41, 5.74) is 2.41. The molecule has 0 atom stereocenters. The van der Waals surface area contributed by atoms with Crippen LogP contribution in [0.25, 0.3) is 0 Å². The summed E-state index contributed by atoms with van der Waals surface area (Å²) in [5.74, 6) is -1.04. The quantitative estimate of drug-likeness (QED) is 0.475. The summed E-state index contributed by atoms with van der Waals surface area (Å²) < 4.78 is 41.3. The van der Waals surface area contributed by atoms with Gasteiger partial charge in [0, 0.05) is 44.0 Å². The van der Waals surface area contributed by atoms with Crippen molar-refractivity contribution in [3.63, 3.8) is 0 Å². The molecule has 8 nitrogen and oxygen atoms in total. The van der Waals surface area contributed by atoms with Gasteiger partial charge in [-0.1, -0.05) is 29.8 Å². The number of amides is 2. The molecular formula is C28H31FN4O4S. The van der Waals surface area contributed by atoms with E-state index >= 15 is 0 Å². The summed E-state index contributed by atoms with van der Waals surface area (Å²) in [4.78, 5) is 29.7. The number of anilines is 1. The Balaban J connectivity index is 1.47. The molecule has 38 heavy (non-hydrogen) atoms. The highest BCUT2D eigenvalue weighted by molar-refractivity contribution is 7.89. The second kappa shape index (κ2) is 11.8. The Kier molecular flexibility index (Phi) is 8.55. The molecule has 10 heteroatoms. The molecule has 2 amide bonds. The number of likely N-dealkylation sites (N-methyl/N-ethyl adjacent to an activating group) is 1. The molecule has 3 aromatic rings. The first kappa shape index (κ1) is 27.4. The topological polar surface area (TPSA) is 90.0 Å². The van der Waals surface area contributed by atoms with Crippen molar-refractivity contribution in [3.8, 4) is 0 Å². The average Bonchev–Trinajstić information content (AvgIpc) is 2.90. The lowest BCUT2D eigenvalue weighted by molar-refractivity contribution is -0.116. The summed E-state index contributed by atoms with van der Waals surface area (Å²) in [5, 5.41) is 2.71. The van der Waals surface area contributed by atoms with E-state index in [2.05, 4.69) is 10.2 Å². The van der Waals surface area contributed by atoms with Crippen molar-refractivity contribution < 1.29 is 22.4 Å². The van der Waals surface area contributed by atoms with Crippen LogP contribution in [0.15, 0.2) is 77.7 Å². The molecule has 3 aromatic carbocycles. The first-order valence-electron chi connectivity index (χ1n) is 12.3. The van der Waals surface area contributed by atoms with Crippen molar-refractivity contribution in [1.82, 2.24) is 14.1 Å². The Labute approximate surface area is 222 Å².